The largest absolute Gasteiger partial charge is 0.393 e. The van der Waals surface area contributed by atoms with Crippen LogP contribution >= 0.6 is 11.3 Å². The van der Waals surface area contributed by atoms with Crippen LogP contribution in [0.1, 0.15) is 23.8 Å². The molecule has 15 heavy (non-hydrogen) atoms. The average Bonchev–Trinajstić information content (AvgIpc) is 2.75. The van der Waals surface area contributed by atoms with Gasteiger partial charge in [0.1, 0.15) is 6.04 Å². The first-order chi connectivity index (χ1) is 7.31. The minimum absolute atomic E-state index is 0.127. The van der Waals surface area contributed by atoms with Crippen molar-refractivity contribution in [3.8, 4) is 6.07 Å². The highest BCUT2D eigenvalue weighted by molar-refractivity contribution is 7.10. The van der Waals surface area contributed by atoms with E-state index in [0.29, 0.717) is 0 Å². The molecule has 0 spiro atoms. The van der Waals surface area contributed by atoms with Gasteiger partial charge < -0.3 is 5.11 Å². The van der Waals surface area contributed by atoms with Gasteiger partial charge in [0.05, 0.1) is 12.2 Å². The van der Waals surface area contributed by atoms with Gasteiger partial charge in [0.15, 0.2) is 0 Å². The maximum Gasteiger partial charge on any atom is 0.133 e. The summed E-state index contributed by atoms with van der Waals surface area (Å²) >= 11 is 1.62. The van der Waals surface area contributed by atoms with Crippen molar-refractivity contribution in [2.45, 2.75) is 25.0 Å². The Morgan fingerprint density at radius 2 is 2.27 bits per heavy atom. The zero-order chi connectivity index (χ0) is 10.7. The molecule has 2 heterocycles. The Labute approximate surface area is 93.6 Å². The van der Waals surface area contributed by atoms with Gasteiger partial charge in [-0.25, -0.2) is 0 Å². The average molecular weight is 222 g/mol. The summed E-state index contributed by atoms with van der Waals surface area (Å²) in [4.78, 5) is 3.26. The third kappa shape index (κ3) is 2.37. The van der Waals surface area contributed by atoms with E-state index in [0.717, 1.165) is 30.8 Å². The van der Waals surface area contributed by atoms with Crippen LogP contribution in [-0.4, -0.2) is 29.2 Å². The molecule has 1 aromatic rings. The van der Waals surface area contributed by atoms with Crippen molar-refractivity contribution in [2.24, 2.45) is 0 Å². The molecule has 1 aliphatic heterocycles. The summed E-state index contributed by atoms with van der Waals surface area (Å²) in [6.45, 7) is 1.63. The second kappa shape index (κ2) is 4.75. The molecule has 0 radical (unpaired) electrons. The fourth-order valence-corrected chi connectivity index (χ4v) is 2.72. The highest BCUT2D eigenvalue weighted by atomic mass is 32.1. The molecule has 1 saturated heterocycles. The first kappa shape index (κ1) is 10.6. The fourth-order valence-electron chi connectivity index (χ4n) is 1.92. The van der Waals surface area contributed by atoms with Crippen molar-refractivity contribution in [2.75, 3.05) is 13.1 Å². The number of hydrogen-bond acceptors (Lipinski definition) is 4. The topological polar surface area (TPSA) is 47.3 Å². The highest BCUT2D eigenvalue weighted by Crippen LogP contribution is 2.27. The van der Waals surface area contributed by atoms with Gasteiger partial charge in [0.2, 0.25) is 0 Å². The van der Waals surface area contributed by atoms with Crippen LogP contribution in [-0.2, 0) is 0 Å². The molecule has 0 aliphatic carbocycles. The summed E-state index contributed by atoms with van der Waals surface area (Å²) in [5.74, 6) is 0. The molecule has 1 aromatic heterocycles. The Balaban J connectivity index is 2.05. The molecule has 1 N–H and O–H groups in total. The molecule has 2 rings (SSSR count). The van der Waals surface area contributed by atoms with Gasteiger partial charge >= 0.3 is 0 Å². The standard InChI is InChI=1S/C11H14N2OS/c12-8-10(11-2-1-7-15-11)13-5-3-9(14)4-6-13/h1-2,7,9-10,14H,3-6H2. The molecular weight excluding hydrogens is 208 g/mol. The lowest BCUT2D eigenvalue weighted by Gasteiger charge is -2.32. The van der Waals surface area contributed by atoms with Gasteiger partial charge in [-0.1, -0.05) is 6.07 Å². The first-order valence-electron chi connectivity index (χ1n) is 5.16. The number of hydrogen-bond donors (Lipinski definition) is 1. The van der Waals surface area contributed by atoms with Crippen LogP contribution in [0, 0.1) is 11.3 Å². The number of likely N-dealkylation sites (tertiary alicyclic amines) is 1. The number of aliphatic hydroxyl groups is 1. The van der Waals surface area contributed by atoms with Crippen molar-refractivity contribution >= 4 is 11.3 Å². The van der Waals surface area contributed by atoms with E-state index in [1.807, 2.05) is 17.5 Å². The molecule has 1 fully saturated rings. The number of nitrogens with zero attached hydrogens (tertiary/aromatic N) is 2. The SMILES string of the molecule is N#CC(c1cccs1)N1CCC(O)CC1. The third-order valence-corrected chi connectivity index (χ3v) is 3.72. The molecule has 0 bridgehead atoms. The molecule has 0 aromatic carbocycles. The van der Waals surface area contributed by atoms with E-state index in [9.17, 15) is 5.11 Å². The predicted molar refractivity (Wildman–Crippen MR) is 59.5 cm³/mol. The zero-order valence-corrected chi connectivity index (χ0v) is 9.28. The first-order valence-corrected chi connectivity index (χ1v) is 6.04. The van der Waals surface area contributed by atoms with Crippen molar-refractivity contribution in [1.82, 2.24) is 4.90 Å². The predicted octanol–water partition coefficient (Wildman–Crippen LogP) is 1.77. The summed E-state index contributed by atoms with van der Waals surface area (Å²) in [5, 5.41) is 20.6. The fraction of sp³-hybridized carbons (Fsp3) is 0.545. The van der Waals surface area contributed by atoms with Crippen LogP contribution in [0.15, 0.2) is 17.5 Å². The van der Waals surface area contributed by atoms with Crippen LogP contribution in [0.5, 0.6) is 0 Å². The number of aliphatic hydroxyl groups excluding tert-OH is 1. The van der Waals surface area contributed by atoms with Crippen molar-refractivity contribution in [1.29, 1.82) is 5.26 Å². The second-order valence-electron chi connectivity index (χ2n) is 3.81. The number of thiophene rings is 1. The summed E-state index contributed by atoms with van der Waals surface area (Å²) < 4.78 is 0. The van der Waals surface area contributed by atoms with E-state index >= 15 is 0 Å². The lowest BCUT2D eigenvalue weighted by Crippen LogP contribution is -2.37. The quantitative estimate of drug-likeness (QED) is 0.829. The Morgan fingerprint density at radius 1 is 1.53 bits per heavy atom. The Morgan fingerprint density at radius 3 is 2.80 bits per heavy atom. The molecule has 1 unspecified atom stereocenters. The van der Waals surface area contributed by atoms with E-state index in [-0.39, 0.29) is 12.1 Å². The van der Waals surface area contributed by atoms with Crippen molar-refractivity contribution < 1.29 is 5.11 Å². The molecule has 0 amide bonds. The monoisotopic (exact) mass is 222 g/mol. The zero-order valence-electron chi connectivity index (χ0n) is 8.47. The Bertz CT molecular complexity index is 336. The van der Waals surface area contributed by atoms with Gasteiger partial charge in [-0.05, 0) is 24.3 Å². The smallest absolute Gasteiger partial charge is 0.133 e. The van der Waals surface area contributed by atoms with Crippen molar-refractivity contribution in [3.05, 3.63) is 22.4 Å². The lowest BCUT2D eigenvalue weighted by atomic mass is 10.1. The van der Waals surface area contributed by atoms with E-state index < -0.39 is 0 Å². The summed E-state index contributed by atoms with van der Waals surface area (Å²) in [6, 6.07) is 6.20. The second-order valence-corrected chi connectivity index (χ2v) is 4.79. The van der Waals surface area contributed by atoms with Gasteiger partial charge in [-0.15, -0.1) is 11.3 Å². The molecule has 1 atom stereocenters. The third-order valence-electron chi connectivity index (χ3n) is 2.80. The molecule has 80 valence electrons. The van der Waals surface area contributed by atoms with E-state index in [1.165, 1.54) is 0 Å². The minimum atomic E-state index is -0.177. The maximum atomic E-state index is 9.41. The van der Waals surface area contributed by atoms with Gasteiger partial charge in [0.25, 0.3) is 0 Å². The van der Waals surface area contributed by atoms with Crippen molar-refractivity contribution in [3.63, 3.8) is 0 Å². The molecule has 0 saturated carbocycles. The number of nitriles is 1. The molecule has 3 nitrogen and oxygen atoms in total. The van der Waals surface area contributed by atoms with E-state index in [1.54, 1.807) is 11.3 Å². The summed E-state index contributed by atoms with van der Waals surface area (Å²) in [5.41, 5.74) is 0. The maximum absolute atomic E-state index is 9.41. The molecular formula is C11H14N2OS. The molecule has 1 aliphatic rings. The van der Waals surface area contributed by atoms with Crippen LogP contribution < -0.4 is 0 Å². The number of piperidine rings is 1. The number of rotatable bonds is 2. The highest BCUT2D eigenvalue weighted by Gasteiger charge is 2.25. The van der Waals surface area contributed by atoms with Gasteiger partial charge in [0, 0.05) is 18.0 Å². The Hall–Kier alpha value is -0.890. The molecule has 4 heteroatoms. The van der Waals surface area contributed by atoms with Crippen LogP contribution in [0.25, 0.3) is 0 Å². The minimum Gasteiger partial charge on any atom is -0.393 e. The van der Waals surface area contributed by atoms with E-state index in [4.69, 9.17) is 5.26 Å². The van der Waals surface area contributed by atoms with Crippen LogP contribution in [0.2, 0.25) is 0 Å². The van der Waals surface area contributed by atoms with Crippen LogP contribution in [0.3, 0.4) is 0 Å². The lowest BCUT2D eigenvalue weighted by molar-refractivity contribution is 0.0722. The van der Waals surface area contributed by atoms with Gasteiger partial charge in [-0.3, -0.25) is 4.90 Å². The summed E-state index contributed by atoms with van der Waals surface area (Å²) in [6.07, 6.45) is 1.39. The Kier molecular flexibility index (Phi) is 3.37. The van der Waals surface area contributed by atoms with Crippen LogP contribution in [0.4, 0.5) is 0 Å². The van der Waals surface area contributed by atoms with E-state index in [2.05, 4.69) is 11.0 Å². The van der Waals surface area contributed by atoms with Gasteiger partial charge in [-0.2, -0.15) is 5.26 Å². The summed E-state index contributed by atoms with van der Waals surface area (Å²) in [7, 11) is 0. The normalized spacial score (nSPS) is 21.1.